The fraction of sp³-hybridized carbons (Fsp3) is 0.300. The molecule has 2 aromatic carbocycles. The van der Waals surface area contributed by atoms with Crippen molar-refractivity contribution in [1.29, 1.82) is 0 Å². The van der Waals surface area contributed by atoms with E-state index in [1.807, 2.05) is 38.1 Å². The average Bonchev–Trinajstić information content (AvgIpc) is 2.58. The van der Waals surface area contributed by atoms with Gasteiger partial charge < -0.3 is 11.5 Å². The smallest absolute Gasteiger partial charge is 0.280 e. The van der Waals surface area contributed by atoms with Gasteiger partial charge in [-0.3, -0.25) is 4.79 Å². The Bertz CT molecular complexity index is 974. The molecule has 6 nitrogen and oxygen atoms in total. The van der Waals surface area contributed by atoms with Crippen LogP contribution in [0, 0.1) is 6.92 Å². The van der Waals surface area contributed by atoms with Crippen molar-refractivity contribution in [3.63, 3.8) is 0 Å². The van der Waals surface area contributed by atoms with Gasteiger partial charge in [-0.25, -0.2) is 8.42 Å². The minimum absolute atomic E-state index is 0.0840. The van der Waals surface area contributed by atoms with Gasteiger partial charge in [0.1, 0.15) is 0 Å². The molecule has 0 radical (unpaired) electrons. The van der Waals surface area contributed by atoms with Crippen molar-refractivity contribution in [1.82, 2.24) is 0 Å². The van der Waals surface area contributed by atoms with Crippen LogP contribution in [-0.4, -0.2) is 26.5 Å². The lowest BCUT2D eigenvalue weighted by Gasteiger charge is -2.15. The van der Waals surface area contributed by atoms with Gasteiger partial charge in [0.2, 0.25) is 0 Å². The zero-order chi connectivity index (χ0) is 20.2. The molecular weight excluding hydrogens is 362 g/mol. The molecule has 0 unspecified atom stereocenters. The Kier molecular flexibility index (Phi) is 6.38. The lowest BCUT2D eigenvalue weighted by molar-refractivity contribution is 0.100. The SMILES string of the molecule is CCCCc1cc(-c2ccc(C)cc2)c(S(C)(=O)=O)cc1C(=O)N=C(N)N. The molecule has 2 rings (SSSR count). The van der Waals surface area contributed by atoms with Crippen LogP contribution in [0.1, 0.15) is 41.3 Å². The Morgan fingerprint density at radius 1 is 1.11 bits per heavy atom. The molecule has 0 spiro atoms. The zero-order valence-corrected chi connectivity index (χ0v) is 16.6. The lowest BCUT2D eigenvalue weighted by Crippen LogP contribution is -2.24. The van der Waals surface area contributed by atoms with Gasteiger partial charge in [-0.2, -0.15) is 4.99 Å². The summed E-state index contributed by atoms with van der Waals surface area (Å²) in [6.45, 7) is 4.01. The number of amides is 1. The standard InChI is InChI=1S/C20H25N3O3S/c1-4-5-6-15-11-16(14-9-7-13(2)8-10-14)18(27(3,25)26)12-17(15)19(24)23-20(21)22/h7-12H,4-6H2,1-3H3,(H4,21,22,23,24). The number of nitrogens with two attached hydrogens (primary N) is 2. The molecule has 0 bridgehead atoms. The molecule has 2 aromatic rings. The van der Waals surface area contributed by atoms with Crippen LogP contribution in [-0.2, 0) is 16.3 Å². The van der Waals surface area contributed by atoms with Crippen molar-refractivity contribution in [3.05, 3.63) is 53.1 Å². The summed E-state index contributed by atoms with van der Waals surface area (Å²) in [6.07, 6.45) is 3.54. The number of sulfone groups is 1. The number of hydrogen-bond acceptors (Lipinski definition) is 3. The first-order valence-electron chi connectivity index (χ1n) is 8.71. The first-order valence-corrected chi connectivity index (χ1v) is 10.6. The van der Waals surface area contributed by atoms with Crippen LogP contribution in [0.4, 0.5) is 0 Å². The second-order valence-corrected chi connectivity index (χ2v) is 8.57. The summed E-state index contributed by atoms with van der Waals surface area (Å²) < 4.78 is 24.8. The highest BCUT2D eigenvalue weighted by molar-refractivity contribution is 7.90. The quantitative estimate of drug-likeness (QED) is 0.584. The van der Waals surface area contributed by atoms with Gasteiger partial charge in [0.15, 0.2) is 15.8 Å². The van der Waals surface area contributed by atoms with E-state index in [-0.39, 0.29) is 16.4 Å². The highest BCUT2D eigenvalue weighted by Crippen LogP contribution is 2.32. The van der Waals surface area contributed by atoms with E-state index >= 15 is 0 Å². The number of guanidine groups is 1. The van der Waals surface area contributed by atoms with Crippen LogP contribution in [0.5, 0.6) is 0 Å². The van der Waals surface area contributed by atoms with Crippen molar-refractivity contribution >= 4 is 21.7 Å². The summed E-state index contributed by atoms with van der Waals surface area (Å²) >= 11 is 0. The molecule has 0 aliphatic carbocycles. The van der Waals surface area contributed by atoms with E-state index in [1.54, 1.807) is 6.07 Å². The maximum Gasteiger partial charge on any atom is 0.280 e. The molecule has 27 heavy (non-hydrogen) atoms. The van der Waals surface area contributed by atoms with Crippen LogP contribution >= 0.6 is 0 Å². The minimum Gasteiger partial charge on any atom is -0.370 e. The summed E-state index contributed by atoms with van der Waals surface area (Å²) in [4.78, 5) is 16.1. The Hall–Kier alpha value is -2.67. The molecule has 7 heteroatoms. The molecule has 0 fully saturated rings. The van der Waals surface area contributed by atoms with E-state index in [9.17, 15) is 13.2 Å². The molecule has 144 valence electrons. The van der Waals surface area contributed by atoms with Gasteiger partial charge in [-0.15, -0.1) is 0 Å². The number of carbonyl (C=O) groups excluding carboxylic acids is 1. The van der Waals surface area contributed by atoms with Crippen LogP contribution in [0.3, 0.4) is 0 Å². The summed E-state index contributed by atoms with van der Waals surface area (Å²) in [6, 6.07) is 10.8. The number of hydrogen-bond donors (Lipinski definition) is 2. The maximum atomic E-state index is 12.5. The number of benzene rings is 2. The van der Waals surface area contributed by atoms with Crippen molar-refractivity contribution in [2.45, 2.75) is 38.0 Å². The second kappa shape index (κ2) is 8.35. The molecule has 0 aliphatic heterocycles. The molecule has 0 heterocycles. The molecule has 1 amide bonds. The third-order valence-corrected chi connectivity index (χ3v) is 5.36. The topological polar surface area (TPSA) is 116 Å². The van der Waals surface area contributed by atoms with Crippen LogP contribution < -0.4 is 11.5 Å². The van der Waals surface area contributed by atoms with E-state index in [4.69, 9.17) is 11.5 Å². The highest BCUT2D eigenvalue weighted by Gasteiger charge is 2.21. The van der Waals surface area contributed by atoms with Gasteiger partial charge in [0.25, 0.3) is 5.91 Å². The number of aryl methyl sites for hydroxylation is 2. The van der Waals surface area contributed by atoms with Gasteiger partial charge >= 0.3 is 0 Å². The lowest BCUT2D eigenvalue weighted by atomic mass is 9.95. The van der Waals surface area contributed by atoms with Crippen LogP contribution in [0.2, 0.25) is 0 Å². The van der Waals surface area contributed by atoms with Crippen LogP contribution in [0.25, 0.3) is 11.1 Å². The fourth-order valence-corrected chi connectivity index (χ4v) is 3.75. The second-order valence-electron chi connectivity index (χ2n) is 6.59. The van der Waals surface area contributed by atoms with Gasteiger partial charge in [-0.1, -0.05) is 43.2 Å². The van der Waals surface area contributed by atoms with E-state index in [0.717, 1.165) is 35.8 Å². The Balaban J connectivity index is 2.77. The number of aliphatic imine (C=N–C) groups is 1. The monoisotopic (exact) mass is 387 g/mol. The fourth-order valence-electron chi connectivity index (χ4n) is 2.84. The molecule has 0 saturated carbocycles. The third kappa shape index (κ3) is 5.17. The predicted molar refractivity (Wildman–Crippen MR) is 108 cm³/mol. The highest BCUT2D eigenvalue weighted by atomic mass is 32.2. The van der Waals surface area contributed by atoms with Crippen molar-refractivity contribution < 1.29 is 13.2 Å². The molecule has 0 saturated heterocycles. The largest absolute Gasteiger partial charge is 0.370 e. The van der Waals surface area contributed by atoms with Gasteiger partial charge in [0, 0.05) is 17.4 Å². The van der Waals surface area contributed by atoms with E-state index in [1.165, 1.54) is 6.07 Å². The number of unbranched alkanes of at least 4 members (excludes halogenated alkanes) is 1. The summed E-state index contributed by atoms with van der Waals surface area (Å²) in [7, 11) is -3.58. The Labute approximate surface area is 160 Å². The number of rotatable bonds is 6. The summed E-state index contributed by atoms with van der Waals surface area (Å²) in [5.74, 6) is -0.994. The summed E-state index contributed by atoms with van der Waals surface area (Å²) in [5.41, 5.74) is 14.0. The van der Waals surface area contributed by atoms with Crippen LogP contribution in [0.15, 0.2) is 46.3 Å². The average molecular weight is 388 g/mol. The van der Waals surface area contributed by atoms with Crippen molar-refractivity contribution in [2.24, 2.45) is 16.5 Å². The van der Waals surface area contributed by atoms with Gasteiger partial charge in [0.05, 0.1) is 4.90 Å². The number of carbonyl (C=O) groups is 1. The Morgan fingerprint density at radius 2 is 1.74 bits per heavy atom. The zero-order valence-electron chi connectivity index (χ0n) is 15.8. The van der Waals surface area contributed by atoms with E-state index in [0.29, 0.717) is 12.0 Å². The predicted octanol–water partition coefficient (Wildman–Crippen LogP) is 2.82. The van der Waals surface area contributed by atoms with Crippen molar-refractivity contribution in [2.75, 3.05) is 6.26 Å². The van der Waals surface area contributed by atoms with E-state index < -0.39 is 15.7 Å². The van der Waals surface area contributed by atoms with Gasteiger partial charge in [-0.05, 0) is 43.0 Å². The molecule has 0 atom stereocenters. The maximum absolute atomic E-state index is 12.5. The molecule has 0 aromatic heterocycles. The minimum atomic E-state index is -3.58. The first kappa shape index (κ1) is 20.6. The number of nitrogens with zero attached hydrogens (tertiary/aromatic N) is 1. The molecule has 0 aliphatic rings. The summed E-state index contributed by atoms with van der Waals surface area (Å²) in [5, 5.41) is 0. The Morgan fingerprint density at radius 3 is 2.26 bits per heavy atom. The first-order chi connectivity index (χ1) is 12.6. The van der Waals surface area contributed by atoms with Crippen molar-refractivity contribution in [3.8, 4) is 11.1 Å². The van der Waals surface area contributed by atoms with E-state index in [2.05, 4.69) is 4.99 Å². The molecular formula is C20H25N3O3S. The normalized spacial score (nSPS) is 11.2. The third-order valence-electron chi connectivity index (χ3n) is 4.23. The molecule has 4 N–H and O–H groups in total.